The molecule has 0 bridgehead atoms. The summed E-state index contributed by atoms with van der Waals surface area (Å²) >= 11 is 11.6. The minimum atomic E-state index is -3.70. The molecule has 0 aliphatic carbocycles. The van der Waals surface area contributed by atoms with Crippen LogP contribution in [0.4, 0.5) is 0 Å². The first-order valence-corrected chi connectivity index (χ1v) is 11.2. The molecular weight excluding hydrogens is 433 g/mol. The molecule has 9 heteroatoms. The second-order valence-corrected chi connectivity index (χ2v) is 8.94. The van der Waals surface area contributed by atoms with Crippen LogP contribution in [0.1, 0.15) is 24.8 Å². The molecule has 0 aliphatic rings. The van der Waals surface area contributed by atoms with Gasteiger partial charge < -0.3 is 0 Å². The Morgan fingerprint density at radius 1 is 1.07 bits per heavy atom. The summed E-state index contributed by atoms with van der Waals surface area (Å²) in [6.07, 6.45) is 2.06. The Morgan fingerprint density at radius 2 is 1.72 bits per heavy atom. The molecule has 29 heavy (non-hydrogen) atoms. The summed E-state index contributed by atoms with van der Waals surface area (Å²) in [6, 6.07) is 15.6. The molecule has 0 saturated heterocycles. The zero-order chi connectivity index (χ0) is 21.0. The van der Waals surface area contributed by atoms with Gasteiger partial charge in [0.05, 0.1) is 21.8 Å². The Hall–Kier alpha value is -2.19. The fraction of sp³-hybridized carbons (Fsp3) is 0.200. The van der Waals surface area contributed by atoms with E-state index in [-0.39, 0.29) is 20.9 Å². The fourth-order valence-corrected chi connectivity index (χ4v) is 4.21. The van der Waals surface area contributed by atoms with Crippen LogP contribution in [0.5, 0.6) is 0 Å². The van der Waals surface area contributed by atoms with Gasteiger partial charge >= 0.3 is 0 Å². The zero-order valence-corrected chi connectivity index (χ0v) is 17.9. The third kappa shape index (κ3) is 4.87. The quantitative estimate of drug-likeness (QED) is 0.588. The predicted molar refractivity (Wildman–Crippen MR) is 115 cm³/mol. The topological polar surface area (TPSA) is 81.1 Å². The van der Waals surface area contributed by atoms with Crippen LogP contribution in [-0.2, 0) is 10.0 Å². The van der Waals surface area contributed by atoms with Crippen molar-refractivity contribution in [1.82, 2.24) is 14.5 Å². The van der Waals surface area contributed by atoms with Crippen molar-refractivity contribution >= 4 is 33.2 Å². The van der Waals surface area contributed by atoms with Crippen LogP contribution in [0.3, 0.4) is 0 Å². The number of hydrogen-bond donors (Lipinski definition) is 1. The van der Waals surface area contributed by atoms with Gasteiger partial charge in [0.1, 0.15) is 5.02 Å². The average Bonchev–Trinajstić information content (AvgIpc) is 2.73. The maximum Gasteiger partial charge on any atom is 0.291 e. The van der Waals surface area contributed by atoms with Crippen LogP contribution >= 0.6 is 23.2 Å². The molecule has 6 nitrogen and oxygen atoms in total. The Morgan fingerprint density at radius 3 is 2.34 bits per heavy atom. The number of halogens is 2. The van der Waals surface area contributed by atoms with Gasteiger partial charge in [-0.1, -0.05) is 60.5 Å². The lowest BCUT2D eigenvalue weighted by Crippen LogP contribution is -2.28. The Balaban J connectivity index is 1.78. The number of nitrogens with one attached hydrogen (secondary N) is 1. The summed E-state index contributed by atoms with van der Waals surface area (Å²) in [7, 11) is -3.70. The zero-order valence-electron chi connectivity index (χ0n) is 15.5. The number of sulfonamides is 1. The fourth-order valence-electron chi connectivity index (χ4n) is 2.88. The first-order valence-electron chi connectivity index (χ1n) is 8.92. The third-order valence-electron chi connectivity index (χ3n) is 4.55. The first-order chi connectivity index (χ1) is 13.8. The normalized spacial score (nSPS) is 12.7. The van der Waals surface area contributed by atoms with Crippen LogP contribution in [0.2, 0.25) is 10.0 Å². The van der Waals surface area contributed by atoms with Crippen molar-refractivity contribution in [3.05, 3.63) is 86.8 Å². The molecule has 1 N–H and O–H groups in total. The lowest BCUT2D eigenvalue weighted by atomic mass is 9.97. The van der Waals surface area contributed by atoms with E-state index < -0.39 is 15.6 Å². The van der Waals surface area contributed by atoms with Gasteiger partial charge in [0.25, 0.3) is 5.56 Å². The van der Waals surface area contributed by atoms with E-state index in [4.69, 9.17) is 23.2 Å². The third-order valence-corrected chi connectivity index (χ3v) is 6.74. The summed E-state index contributed by atoms with van der Waals surface area (Å²) in [5.74, 6) is 0.0734. The van der Waals surface area contributed by atoms with Crippen molar-refractivity contribution in [3.8, 4) is 5.69 Å². The number of benzene rings is 2. The molecule has 2 aromatic carbocycles. The average molecular weight is 452 g/mol. The van der Waals surface area contributed by atoms with Crippen LogP contribution in [0, 0.1) is 0 Å². The molecule has 0 spiro atoms. The summed E-state index contributed by atoms with van der Waals surface area (Å²) in [5, 5.41) is 3.84. The van der Waals surface area contributed by atoms with Crippen LogP contribution in [-0.4, -0.2) is 24.7 Å². The molecule has 1 atom stereocenters. The van der Waals surface area contributed by atoms with Gasteiger partial charge in [-0.2, -0.15) is 9.78 Å². The minimum absolute atomic E-state index is 0.0557. The largest absolute Gasteiger partial charge is 0.291 e. The lowest BCUT2D eigenvalue weighted by Gasteiger charge is -2.16. The van der Waals surface area contributed by atoms with Crippen LogP contribution in [0.15, 0.2) is 70.5 Å². The number of rotatable bonds is 7. The Kier molecular flexibility index (Phi) is 6.74. The molecular formula is C20H19Cl2N3O3S. The van der Waals surface area contributed by atoms with Crippen molar-refractivity contribution in [2.24, 2.45) is 0 Å². The first kappa shape index (κ1) is 21.5. The van der Waals surface area contributed by atoms with E-state index >= 15 is 0 Å². The summed E-state index contributed by atoms with van der Waals surface area (Å²) in [5.41, 5.74) is 0.878. The maximum absolute atomic E-state index is 12.7. The van der Waals surface area contributed by atoms with Gasteiger partial charge in [0.15, 0.2) is 0 Å². The Bertz CT molecular complexity index is 1150. The number of aromatic nitrogens is 2. The summed E-state index contributed by atoms with van der Waals surface area (Å²) < 4.78 is 29.0. The second kappa shape index (κ2) is 9.09. The molecule has 0 amide bonds. The number of nitrogens with zero attached hydrogens (tertiary/aromatic N) is 2. The SMILES string of the molecule is CCC(CNS(=O)(=O)c1ccc(-n2ncc(Cl)c(Cl)c2=O)cc1)c1ccccc1. The molecule has 3 rings (SSSR count). The van der Waals surface area contributed by atoms with E-state index in [1.165, 1.54) is 30.5 Å². The van der Waals surface area contributed by atoms with Crippen molar-refractivity contribution in [3.63, 3.8) is 0 Å². The van der Waals surface area contributed by atoms with Crippen molar-refractivity contribution in [2.45, 2.75) is 24.2 Å². The molecule has 152 valence electrons. The molecule has 3 aromatic rings. The van der Waals surface area contributed by atoms with Crippen LogP contribution < -0.4 is 10.3 Å². The second-order valence-electron chi connectivity index (χ2n) is 6.39. The molecule has 1 heterocycles. The van der Waals surface area contributed by atoms with E-state index in [0.717, 1.165) is 16.7 Å². The highest BCUT2D eigenvalue weighted by atomic mass is 35.5. The van der Waals surface area contributed by atoms with E-state index in [1.54, 1.807) is 0 Å². The highest BCUT2D eigenvalue weighted by Gasteiger charge is 2.18. The predicted octanol–water partition coefficient (Wildman–Crippen LogP) is 4.01. The smallest absolute Gasteiger partial charge is 0.266 e. The highest BCUT2D eigenvalue weighted by molar-refractivity contribution is 7.89. The molecule has 1 unspecified atom stereocenters. The highest BCUT2D eigenvalue weighted by Crippen LogP contribution is 2.20. The van der Waals surface area contributed by atoms with Crippen LogP contribution in [0.25, 0.3) is 5.69 Å². The molecule has 1 aromatic heterocycles. The van der Waals surface area contributed by atoms with E-state index in [2.05, 4.69) is 9.82 Å². The van der Waals surface area contributed by atoms with Gasteiger partial charge in [0.2, 0.25) is 10.0 Å². The molecule has 0 fully saturated rings. The van der Waals surface area contributed by atoms with Crippen molar-refractivity contribution in [2.75, 3.05) is 6.54 Å². The van der Waals surface area contributed by atoms with Gasteiger partial charge in [-0.05, 0) is 42.2 Å². The standard InChI is InChI=1S/C20H19Cl2N3O3S/c1-2-14(15-6-4-3-5-7-15)12-24-29(27,28)17-10-8-16(9-11-17)25-20(26)19(22)18(21)13-23-25/h3-11,13-14,24H,2,12H2,1H3. The molecule has 0 saturated carbocycles. The van der Waals surface area contributed by atoms with Gasteiger partial charge in [-0.3, -0.25) is 4.79 Å². The van der Waals surface area contributed by atoms with Gasteiger partial charge in [0, 0.05) is 6.54 Å². The minimum Gasteiger partial charge on any atom is -0.266 e. The summed E-state index contributed by atoms with van der Waals surface area (Å²) in [4.78, 5) is 12.3. The van der Waals surface area contributed by atoms with Gasteiger partial charge in [-0.15, -0.1) is 0 Å². The summed E-state index contributed by atoms with van der Waals surface area (Å²) in [6.45, 7) is 2.31. The lowest BCUT2D eigenvalue weighted by molar-refractivity contribution is 0.566. The van der Waals surface area contributed by atoms with E-state index in [9.17, 15) is 13.2 Å². The molecule has 0 aliphatic heterocycles. The van der Waals surface area contributed by atoms with Crippen molar-refractivity contribution in [1.29, 1.82) is 0 Å². The number of hydrogen-bond acceptors (Lipinski definition) is 4. The molecule has 0 radical (unpaired) electrons. The van der Waals surface area contributed by atoms with E-state index in [1.807, 2.05) is 37.3 Å². The van der Waals surface area contributed by atoms with Gasteiger partial charge in [-0.25, -0.2) is 13.1 Å². The Labute approximate surface area is 179 Å². The monoisotopic (exact) mass is 451 g/mol. The van der Waals surface area contributed by atoms with Crippen molar-refractivity contribution < 1.29 is 8.42 Å². The van der Waals surface area contributed by atoms with E-state index in [0.29, 0.717) is 12.2 Å². The maximum atomic E-state index is 12.7.